The normalized spacial score (nSPS) is 40.2. The second-order valence-corrected chi connectivity index (χ2v) is 4.41. The van der Waals surface area contributed by atoms with Gasteiger partial charge in [-0.15, -0.1) is 0 Å². The molecule has 96 valence electrons. The van der Waals surface area contributed by atoms with Crippen LogP contribution in [0.4, 0.5) is 0 Å². The van der Waals surface area contributed by atoms with E-state index in [4.69, 9.17) is 9.47 Å². The molecule has 2 aliphatic heterocycles. The Labute approximate surface area is 95.6 Å². The van der Waals surface area contributed by atoms with Crippen molar-refractivity contribution in [2.45, 2.75) is 24.4 Å². The maximum Gasteiger partial charge on any atom is 0.237 e. The van der Waals surface area contributed by atoms with Crippen molar-refractivity contribution in [1.82, 2.24) is 0 Å². The van der Waals surface area contributed by atoms with Gasteiger partial charge in [-0.1, -0.05) is 0 Å². The molecule has 0 unspecified atom stereocenters. The molecule has 0 aliphatic carbocycles. The van der Waals surface area contributed by atoms with E-state index in [0.717, 1.165) is 0 Å². The van der Waals surface area contributed by atoms with Crippen molar-refractivity contribution in [3.8, 4) is 0 Å². The van der Waals surface area contributed by atoms with E-state index in [-0.39, 0.29) is 19.6 Å². The summed E-state index contributed by atoms with van der Waals surface area (Å²) < 4.78 is 10.4. The van der Waals surface area contributed by atoms with Crippen LogP contribution < -0.4 is 0 Å². The third-order valence-corrected chi connectivity index (χ3v) is 3.08. The van der Waals surface area contributed by atoms with Gasteiger partial charge in [0.05, 0.1) is 18.6 Å². The first-order valence-corrected chi connectivity index (χ1v) is 5.14. The van der Waals surface area contributed by atoms with E-state index in [1.54, 1.807) is 0 Å². The molecule has 2 fully saturated rings. The first-order valence-electron chi connectivity index (χ1n) is 5.14. The Morgan fingerprint density at radius 1 is 1.35 bits per heavy atom. The van der Waals surface area contributed by atoms with Gasteiger partial charge in [-0.2, -0.15) is 0 Å². The maximum absolute atomic E-state index is 10.5. The average molecular weight is 248 g/mol. The zero-order valence-corrected chi connectivity index (χ0v) is 8.85. The van der Waals surface area contributed by atoms with Crippen LogP contribution in [-0.4, -0.2) is 52.6 Å². The minimum atomic E-state index is -1.78. The second-order valence-electron chi connectivity index (χ2n) is 4.41. The highest BCUT2D eigenvalue weighted by Crippen LogP contribution is 2.38. The summed E-state index contributed by atoms with van der Waals surface area (Å²) in [6.07, 6.45) is -1.57. The van der Waals surface area contributed by atoms with Gasteiger partial charge in [0.25, 0.3) is 0 Å². The molecule has 9 heteroatoms. The number of aliphatic hydroxyl groups is 1. The molecule has 1 N–H and O–H groups in total. The Kier molecular flexibility index (Phi) is 2.98. The van der Waals surface area contributed by atoms with Gasteiger partial charge >= 0.3 is 0 Å². The van der Waals surface area contributed by atoms with Crippen molar-refractivity contribution in [3.63, 3.8) is 0 Å². The minimum absolute atomic E-state index is 0.0513. The molecule has 2 aliphatic rings. The van der Waals surface area contributed by atoms with Crippen molar-refractivity contribution < 1.29 is 24.4 Å². The van der Waals surface area contributed by atoms with Crippen molar-refractivity contribution in [2.75, 3.05) is 19.7 Å². The molecule has 4 atom stereocenters. The van der Waals surface area contributed by atoms with Crippen LogP contribution in [-0.2, 0) is 9.47 Å². The summed E-state index contributed by atoms with van der Waals surface area (Å²) in [6.45, 7) is -0.997. The molecular formula is C8H12N2O7. The van der Waals surface area contributed by atoms with Gasteiger partial charge in [0.15, 0.2) is 11.9 Å². The summed E-state index contributed by atoms with van der Waals surface area (Å²) in [5.74, 6) is -0.561. The SMILES string of the molecule is O=[N+]([O-])C[C@H]1C[C@](O)(C[N+](=O)[O-])[C@@H]2OC[C@H]1O2. The number of nitrogens with zero attached hydrogens (tertiary/aromatic N) is 2. The van der Waals surface area contributed by atoms with E-state index in [0.29, 0.717) is 0 Å². The summed E-state index contributed by atoms with van der Waals surface area (Å²) in [4.78, 5) is 19.8. The molecule has 17 heavy (non-hydrogen) atoms. The maximum atomic E-state index is 10.5. The average Bonchev–Trinajstić information content (AvgIpc) is 2.58. The van der Waals surface area contributed by atoms with E-state index >= 15 is 0 Å². The van der Waals surface area contributed by atoms with E-state index in [2.05, 4.69) is 0 Å². The van der Waals surface area contributed by atoms with Crippen LogP contribution >= 0.6 is 0 Å². The van der Waals surface area contributed by atoms with Gasteiger partial charge in [0, 0.05) is 9.85 Å². The topological polar surface area (TPSA) is 125 Å². The van der Waals surface area contributed by atoms with Crippen molar-refractivity contribution in [1.29, 1.82) is 0 Å². The highest BCUT2D eigenvalue weighted by atomic mass is 16.7. The lowest BCUT2D eigenvalue weighted by Crippen LogP contribution is -2.55. The van der Waals surface area contributed by atoms with Crippen LogP contribution in [0.15, 0.2) is 0 Å². The number of hydrogen-bond acceptors (Lipinski definition) is 7. The van der Waals surface area contributed by atoms with E-state index in [1.165, 1.54) is 0 Å². The third-order valence-electron chi connectivity index (χ3n) is 3.08. The summed E-state index contributed by atoms with van der Waals surface area (Å²) in [7, 11) is 0. The molecule has 2 heterocycles. The standard InChI is InChI=1S/C8H12N2O7/c11-8(4-10(14)15)1-5(2-9(12)13)6-3-16-7(8)17-6/h5-7,11H,1-4H2/t5-,6-,7-,8+/m1/s1. The van der Waals surface area contributed by atoms with E-state index in [1.807, 2.05) is 0 Å². The third kappa shape index (κ3) is 2.35. The second kappa shape index (κ2) is 4.17. The van der Waals surface area contributed by atoms with Gasteiger partial charge in [0.1, 0.15) is 0 Å². The molecule has 0 saturated carbocycles. The molecule has 0 aromatic rings. The molecule has 0 amide bonds. The Morgan fingerprint density at radius 3 is 2.65 bits per heavy atom. The van der Waals surface area contributed by atoms with Gasteiger partial charge in [0.2, 0.25) is 13.1 Å². The number of fused-ring (bicyclic) bond motifs is 2. The number of hydrogen-bond donors (Lipinski definition) is 1. The predicted molar refractivity (Wildman–Crippen MR) is 51.4 cm³/mol. The fourth-order valence-electron chi connectivity index (χ4n) is 2.37. The number of nitro groups is 2. The van der Waals surface area contributed by atoms with Gasteiger partial charge < -0.3 is 14.6 Å². The van der Waals surface area contributed by atoms with Gasteiger partial charge in [-0.05, 0) is 6.42 Å². The molecule has 0 aromatic heterocycles. The molecule has 9 nitrogen and oxygen atoms in total. The highest BCUT2D eigenvalue weighted by molar-refractivity contribution is 4.96. The fraction of sp³-hybridized carbons (Fsp3) is 1.00. The largest absolute Gasteiger partial charge is 0.378 e. The predicted octanol–water partition coefficient (Wildman–Crippen LogP) is -0.968. The number of rotatable bonds is 4. The van der Waals surface area contributed by atoms with Gasteiger partial charge in [-0.3, -0.25) is 20.2 Å². The van der Waals surface area contributed by atoms with Crippen LogP contribution in [0.3, 0.4) is 0 Å². The molecule has 0 spiro atoms. The van der Waals surface area contributed by atoms with Crippen molar-refractivity contribution >= 4 is 0 Å². The Morgan fingerprint density at radius 2 is 2.06 bits per heavy atom. The summed E-state index contributed by atoms with van der Waals surface area (Å²) in [6, 6.07) is 0. The monoisotopic (exact) mass is 248 g/mol. The van der Waals surface area contributed by atoms with E-state index in [9.17, 15) is 25.3 Å². The highest BCUT2D eigenvalue weighted by Gasteiger charge is 2.56. The van der Waals surface area contributed by atoms with E-state index < -0.39 is 40.3 Å². The molecule has 0 aromatic carbocycles. The van der Waals surface area contributed by atoms with Gasteiger partial charge in [-0.25, -0.2) is 0 Å². The molecular weight excluding hydrogens is 236 g/mol. The minimum Gasteiger partial charge on any atom is -0.378 e. The van der Waals surface area contributed by atoms with Crippen LogP contribution in [0.25, 0.3) is 0 Å². The van der Waals surface area contributed by atoms with Crippen LogP contribution in [0, 0.1) is 26.1 Å². The molecule has 2 saturated heterocycles. The fourth-order valence-corrected chi connectivity index (χ4v) is 2.37. The lowest BCUT2D eigenvalue weighted by atomic mass is 9.85. The molecule has 0 radical (unpaired) electrons. The number of ether oxygens (including phenoxy) is 2. The Bertz CT molecular complexity index is 349. The smallest absolute Gasteiger partial charge is 0.237 e. The van der Waals surface area contributed by atoms with Crippen LogP contribution in [0.2, 0.25) is 0 Å². The lowest BCUT2D eigenvalue weighted by Gasteiger charge is -2.36. The first kappa shape index (κ1) is 12.1. The summed E-state index contributed by atoms with van der Waals surface area (Å²) >= 11 is 0. The molecule has 2 bridgehead atoms. The zero-order valence-electron chi connectivity index (χ0n) is 8.85. The van der Waals surface area contributed by atoms with Crippen molar-refractivity contribution in [2.24, 2.45) is 5.92 Å². The van der Waals surface area contributed by atoms with Crippen LogP contribution in [0.5, 0.6) is 0 Å². The van der Waals surface area contributed by atoms with Crippen molar-refractivity contribution in [3.05, 3.63) is 20.2 Å². The van der Waals surface area contributed by atoms with Crippen LogP contribution in [0.1, 0.15) is 6.42 Å². The molecule has 2 rings (SSSR count). The quantitative estimate of drug-likeness (QED) is 0.501. The summed E-state index contributed by atoms with van der Waals surface area (Å²) in [5, 5.41) is 31.0. The Balaban J connectivity index is 2.12. The Hall–Kier alpha value is -1.32. The zero-order chi connectivity index (χ0) is 12.6. The first-order chi connectivity index (χ1) is 7.90. The summed E-state index contributed by atoms with van der Waals surface area (Å²) in [5.41, 5.74) is -1.78. The lowest BCUT2D eigenvalue weighted by molar-refractivity contribution is -0.518.